The largest absolute Gasteiger partial charge is 0.467 e. The summed E-state index contributed by atoms with van der Waals surface area (Å²) in [7, 11) is 1.29. The highest BCUT2D eigenvalue weighted by Gasteiger charge is 2.41. The quantitative estimate of drug-likeness (QED) is 0.852. The maximum atomic E-state index is 12.7. The molecule has 0 aliphatic carbocycles. The van der Waals surface area contributed by atoms with Crippen LogP contribution in [0.2, 0.25) is 0 Å². The van der Waals surface area contributed by atoms with Crippen LogP contribution in [0.3, 0.4) is 0 Å². The van der Waals surface area contributed by atoms with Gasteiger partial charge in [0.15, 0.2) is 0 Å². The topological polar surface area (TPSA) is 75.7 Å². The molecule has 0 unspecified atom stereocenters. The second-order valence-electron chi connectivity index (χ2n) is 5.90. The molecule has 1 aromatic carbocycles. The lowest BCUT2D eigenvalue weighted by Crippen LogP contribution is -2.58. The highest BCUT2D eigenvalue weighted by molar-refractivity contribution is 6.03. The van der Waals surface area contributed by atoms with Crippen molar-refractivity contribution in [3.63, 3.8) is 0 Å². The molecule has 1 aliphatic rings. The summed E-state index contributed by atoms with van der Waals surface area (Å²) >= 11 is 0. The van der Waals surface area contributed by atoms with Gasteiger partial charge in [-0.2, -0.15) is 0 Å². The number of fused-ring (bicyclic) bond motifs is 1. The number of carbonyl (C=O) groups excluding carboxylic acids is 3. The number of rotatable bonds is 4. The number of carbonyl (C=O) groups is 3. The second-order valence-corrected chi connectivity index (χ2v) is 5.90. The standard InChI is InChI=1S/C17H22N2O4/c1-5-17(3,16(22)23-4)18-15(21)14-10-12-8-6-7-9-13(12)19(14)11(2)20/h6-9,14H,5,10H2,1-4H3,(H,18,21)/t14-,17-/m0/s1. The Hall–Kier alpha value is -2.37. The Bertz CT molecular complexity index is 643. The van der Waals surface area contributed by atoms with Crippen molar-refractivity contribution < 1.29 is 19.1 Å². The van der Waals surface area contributed by atoms with Gasteiger partial charge in [-0.1, -0.05) is 25.1 Å². The number of nitrogens with zero attached hydrogens (tertiary/aromatic N) is 1. The fourth-order valence-corrected chi connectivity index (χ4v) is 2.85. The Morgan fingerprint density at radius 3 is 2.57 bits per heavy atom. The van der Waals surface area contributed by atoms with Crippen LogP contribution in [0.25, 0.3) is 0 Å². The average molecular weight is 318 g/mol. The normalized spacial score (nSPS) is 18.8. The third kappa shape index (κ3) is 3.06. The van der Waals surface area contributed by atoms with Crippen LogP contribution in [0.1, 0.15) is 32.8 Å². The highest BCUT2D eigenvalue weighted by Crippen LogP contribution is 2.32. The third-order valence-electron chi connectivity index (χ3n) is 4.36. The lowest BCUT2D eigenvalue weighted by molar-refractivity contribution is -0.150. The number of benzene rings is 1. The first kappa shape index (κ1) is 17.0. The summed E-state index contributed by atoms with van der Waals surface area (Å²) in [5.41, 5.74) is 0.582. The first-order chi connectivity index (χ1) is 10.8. The minimum absolute atomic E-state index is 0.202. The van der Waals surface area contributed by atoms with Crippen molar-refractivity contribution in [3.05, 3.63) is 29.8 Å². The third-order valence-corrected chi connectivity index (χ3v) is 4.36. The van der Waals surface area contributed by atoms with E-state index in [1.54, 1.807) is 13.8 Å². The minimum atomic E-state index is -1.11. The summed E-state index contributed by atoms with van der Waals surface area (Å²) in [5.74, 6) is -1.06. The summed E-state index contributed by atoms with van der Waals surface area (Å²) in [5, 5.41) is 2.75. The van der Waals surface area contributed by atoms with Crippen molar-refractivity contribution in [1.29, 1.82) is 0 Å². The van der Waals surface area contributed by atoms with Gasteiger partial charge in [-0.15, -0.1) is 0 Å². The van der Waals surface area contributed by atoms with Crippen molar-refractivity contribution in [1.82, 2.24) is 5.32 Å². The Morgan fingerprint density at radius 1 is 1.35 bits per heavy atom. The van der Waals surface area contributed by atoms with Crippen LogP contribution in [-0.4, -0.2) is 36.5 Å². The summed E-state index contributed by atoms with van der Waals surface area (Å²) in [6, 6.07) is 6.78. The van der Waals surface area contributed by atoms with Crippen LogP contribution >= 0.6 is 0 Å². The molecule has 2 rings (SSSR count). The summed E-state index contributed by atoms with van der Waals surface area (Å²) in [6.07, 6.45) is 0.827. The highest BCUT2D eigenvalue weighted by atomic mass is 16.5. The van der Waals surface area contributed by atoms with Gasteiger partial charge in [0.05, 0.1) is 7.11 Å². The zero-order valence-electron chi connectivity index (χ0n) is 13.9. The number of ether oxygens (including phenoxy) is 1. The maximum Gasteiger partial charge on any atom is 0.331 e. The van der Waals surface area contributed by atoms with Gasteiger partial charge in [0.1, 0.15) is 11.6 Å². The number of para-hydroxylation sites is 1. The maximum absolute atomic E-state index is 12.7. The molecular weight excluding hydrogens is 296 g/mol. The van der Waals surface area contributed by atoms with Crippen molar-refractivity contribution in [2.24, 2.45) is 0 Å². The van der Waals surface area contributed by atoms with Gasteiger partial charge in [0.25, 0.3) is 0 Å². The van der Waals surface area contributed by atoms with E-state index in [4.69, 9.17) is 4.74 Å². The van der Waals surface area contributed by atoms with E-state index >= 15 is 0 Å². The zero-order valence-corrected chi connectivity index (χ0v) is 13.9. The predicted molar refractivity (Wildman–Crippen MR) is 85.9 cm³/mol. The van der Waals surface area contributed by atoms with E-state index in [1.165, 1.54) is 18.9 Å². The van der Waals surface area contributed by atoms with Gasteiger partial charge < -0.3 is 10.1 Å². The SMILES string of the molecule is CC[C@](C)(NC(=O)[C@@H]1Cc2ccccc2N1C(C)=O)C(=O)OC. The first-order valence-electron chi connectivity index (χ1n) is 7.62. The molecule has 1 aromatic rings. The minimum Gasteiger partial charge on any atom is -0.467 e. The molecular formula is C17H22N2O4. The molecule has 6 heteroatoms. The van der Waals surface area contributed by atoms with Gasteiger partial charge in [-0.25, -0.2) is 4.79 Å². The van der Waals surface area contributed by atoms with Crippen molar-refractivity contribution >= 4 is 23.5 Å². The van der Waals surface area contributed by atoms with E-state index in [-0.39, 0.29) is 11.8 Å². The van der Waals surface area contributed by atoms with E-state index in [2.05, 4.69) is 5.32 Å². The fourth-order valence-electron chi connectivity index (χ4n) is 2.85. The number of hydrogen-bond donors (Lipinski definition) is 1. The number of nitrogens with one attached hydrogen (secondary N) is 1. The molecule has 0 aromatic heterocycles. The van der Waals surface area contributed by atoms with Crippen LogP contribution in [0, 0.1) is 0 Å². The van der Waals surface area contributed by atoms with E-state index in [0.29, 0.717) is 12.8 Å². The van der Waals surface area contributed by atoms with Crippen LogP contribution in [0.5, 0.6) is 0 Å². The molecule has 6 nitrogen and oxygen atoms in total. The van der Waals surface area contributed by atoms with Crippen LogP contribution in [-0.2, 0) is 25.5 Å². The van der Waals surface area contributed by atoms with Gasteiger partial charge in [-0.05, 0) is 25.0 Å². The summed E-state index contributed by atoms with van der Waals surface area (Å²) in [4.78, 5) is 38.1. The van der Waals surface area contributed by atoms with Gasteiger partial charge in [0.2, 0.25) is 11.8 Å². The predicted octanol–water partition coefficient (Wildman–Crippen LogP) is 1.42. The molecule has 0 spiro atoms. The lowest BCUT2D eigenvalue weighted by atomic mass is 9.98. The molecule has 23 heavy (non-hydrogen) atoms. The first-order valence-corrected chi connectivity index (χ1v) is 7.62. The van der Waals surface area contributed by atoms with Crippen molar-refractivity contribution in [2.75, 3.05) is 12.0 Å². The Labute approximate surface area is 135 Å². The molecule has 124 valence electrons. The van der Waals surface area contributed by atoms with Crippen LogP contribution in [0.4, 0.5) is 5.69 Å². The smallest absolute Gasteiger partial charge is 0.331 e. The molecule has 0 bridgehead atoms. The molecule has 0 saturated carbocycles. The number of amides is 2. The molecule has 1 N–H and O–H groups in total. The molecule has 1 heterocycles. The molecule has 0 radical (unpaired) electrons. The Balaban J connectivity index is 2.26. The van der Waals surface area contributed by atoms with Crippen molar-refractivity contribution in [2.45, 2.75) is 45.2 Å². The van der Waals surface area contributed by atoms with Crippen molar-refractivity contribution in [3.8, 4) is 0 Å². The van der Waals surface area contributed by atoms with E-state index in [1.807, 2.05) is 24.3 Å². The fraction of sp³-hybridized carbons (Fsp3) is 0.471. The lowest BCUT2D eigenvalue weighted by Gasteiger charge is -2.30. The van der Waals surface area contributed by atoms with Gasteiger partial charge in [-0.3, -0.25) is 14.5 Å². The van der Waals surface area contributed by atoms with E-state index in [0.717, 1.165) is 11.3 Å². The number of hydrogen-bond acceptors (Lipinski definition) is 4. The Morgan fingerprint density at radius 2 is 2.00 bits per heavy atom. The molecule has 1 aliphatic heterocycles. The molecule has 0 saturated heterocycles. The van der Waals surface area contributed by atoms with Gasteiger partial charge in [0, 0.05) is 19.0 Å². The zero-order chi connectivity index (χ0) is 17.2. The van der Waals surface area contributed by atoms with Gasteiger partial charge >= 0.3 is 5.97 Å². The van der Waals surface area contributed by atoms with Crippen LogP contribution < -0.4 is 10.2 Å². The number of anilines is 1. The summed E-state index contributed by atoms with van der Waals surface area (Å²) in [6.45, 7) is 4.85. The Kier molecular flexibility index (Phi) is 4.73. The monoisotopic (exact) mass is 318 g/mol. The number of esters is 1. The second kappa shape index (κ2) is 6.40. The molecule has 0 fully saturated rings. The van der Waals surface area contributed by atoms with Crippen LogP contribution in [0.15, 0.2) is 24.3 Å². The average Bonchev–Trinajstić information content (AvgIpc) is 2.93. The summed E-state index contributed by atoms with van der Waals surface area (Å²) < 4.78 is 4.77. The van der Waals surface area contributed by atoms with E-state index in [9.17, 15) is 14.4 Å². The molecule has 2 amide bonds. The number of methoxy groups -OCH3 is 1. The van der Waals surface area contributed by atoms with E-state index < -0.39 is 17.6 Å². The molecule has 2 atom stereocenters.